The maximum Gasteiger partial charge on any atom is 0.209 e. The number of benzene rings is 2. The van der Waals surface area contributed by atoms with Gasteiger partial charge >= 0.3 is 0 Å². The van der Waals surface area contributed by atoms with E-state index in [0.717, 1.165) is 12.8 Å². The maximum absolute atomic E-state index is 2.42. The number of fused-ring (bicyclic) bond motifs is 1. The van der Waals surface area contributed by atoms with E-state index >= 15 is 0 Å². The van der Waals surface area contributed by atoms with Crippen molar-refractivity contribution in [2.45, 2.75) is 56.8 Å². The van der Waals surface area contributed by atoms with Crippen LogP contribution in [0.1, 0.15) is 52.0 Å². The second-order valence-electron chi connectivity index (χ2n) is 8.68. The molecular weight excluding hydrogens is 382 g/mol. The molecule has 0 bridgehead atoms. The summed E-state index contributed by atoms with van der Waals surface area (Å²) in [5, 5.41) is 0. The molecule has 0 saturated heterocycles. The quantitative estimate of drug-likeness (QED) is 0.451. The van der Waals surface area contributed by atoms with Crippen LogP contribution in [0.5, 0.6) is 0 Å². The van der Waals surface area contributed by atoms with Crippen LogP contribution in [-0.4, -0.2) is 17.3 Å². The van der Waals surface area contributed by atoms with E-state index in [0.29, 0.717) is 0 Å². The highest BCUT2D eigenvalue weighted by molar-refractivity contribution is 8.03. The van der Waals surface area contributed by atoms with Crippen molar-refractivity contribution >= 4 is 23.2 Å². The summed E-state index contributed by atoms with van der Waals surface area (Å²) in [7, 11) is 2.20. The summed E-state index contributed by atoms with van der Waals surface area (Å²) < 4.78 is 2.36. The van der Waals surface area contributed by atoms with Gasteiger partial charge in [-0.3, -0.25) is 0 Å². The van der Waals surface area contributed by atoms with Gasteiger partial charge in [0.25, 0.3) is 0 Å². The van der Waals surface area contributed by atoms with Crippen LogP contribution < -0.4 is 0 Å². The predicted molar refractivity (Wildman–Crippen MR) is 131 cm³/mol. The minimum absolute atomic E-state index is 0.0197. The fraction of sp³-hybridized carbons (Fsp3) is 0.321. The Balaban J connectivity index is 1.73. The van der Waals surface area contributed by atoms with Crippen LogP contribution in [0.3, 0.4) is 0 Å². The van der Waals surface area contributed by atoms with Gasteiger partial charge in [-0.2, -0.15) is 4.58 Å². The van der Waals surface area contributed by atoms with Gasteiger partial charge in [-0.1, -0.05) is 67.2 Å². The van der Waals surface area contributed by atoms with Crippen LogP contribution in [0.25, 0.3) is 0 Å². The fourth-order valence-electron chi connectivity index (χ4n) is 4.72. The number of allylic oxidation sites excluding steroid dienone is 5. The first kappa shape index (κ1) is 20.9. The van der Waals surface area contributed by atoms with E-state index < -0.39 is 0 Å². The summed E-state index contributed by atoms with van der Waals surface area (Å²) in [4.78, 5) is 2.78. The lowest BCUT2D eigenvalue weighted by Crippen LogP contribution is -2.26. The Morgan fingerprint density at radius 1 is 0.967 bits per heavy atom. The summed E-state index contributed by atoms with van der Waals surface area (Å²) in [5.74, 6) is 0. The van der Waals surface area contributed by atoms with Crippen LogP contribution in [0, 0.1) is 0 Å². The van der Waals surface area contributed by atoms with Gasteiger partial charge in [0.15, 0.2) is 5.71 Å². The van der Waals surface area contributed by atoms with Gasteiger partial charge in [0, 0.05) is 27.5 Å². The summed E-state index contributed by atoms with van der Waals surface area (Å²) in [5.41, 5.74) is 7.12. The molecule has 154 valence electrons. The van der Waals surface area contributed by atoms with Crippen molar-refractivity contribution in [1.29, 1.82) is 0 Å². The van der Waals surface area contributed by atoms with Crippen LogP contribution in [0.2, 0.25) is 0 Å². The van der Waals surface area contributed by atoms with Crippen LogP contribution in [-0.2, 0) is 5.41 Å². The standard InChI is InChI=1S/C28H32NS/c1-5-12-21-13-11-14-22(27(21)30-23-15-7-6-8-16-23)19-20-26-28(2,3)24-17-9-10-18-25(24)29(26)4/h6-10,12,15-20H,5,11,13-14H2,1-4H3/q+1. The summed E-state index contributed by atoms with van der Waals surface area (Å²) in [6, 6.07) is 19.6. The minimum Gasteiger partial charge on any atom is -0.198 e. The number of para-hydroxylation sites is 1. The van der Waals surface area contributed by atoms with E-state index in [9.17, 15) is 0 Å². The predicted octanol–water partition coefficient (Wildman–Crippen LogP) is 7.82. The molecule has 1 heterocycles. The number of thioether (sulfide) groups is 1. The van der Waals surface area contributed by atoms with E-state index in [2.05, 4.69) is 105 Å². The van der Waals surface area contributed by atoms with Crippen molar-refractivity contribution in [3.8, 4) is 0 Å². The van der Waals surface area contributed by atoms with Crippen molar-refractivity contribution in [3.05, 3.63) is 94.4 Å². The number of nitrogens with zero attached hydrogens (tertiary/aromatic N) is 1. The summed E-state index contributed by atoms with van der Waals surface area (Å²) >= 11 is 1.93. The first-order chi connectivity index (χ1) is 14.5. The van der Waals surface area contributed by atoms with Crippen LogP contribution >= 0.6 is 11.8 Å². The Morgan fingerprint density at radius 2 is 1.70 bits per heavy atom. The Bertz CT molecular complexity index is 1050. The third-order valence-corrected chi connectivity index (χ3v) is 7.51. The van der Waals surface area contributed by atoms with E-state index in [1.165, 1.54) is 50.8 Å². The largest absolute Gasteiger partial charge is 0.209 e. The molecule has 2 aromatic rings. The van der Waals surface area contributed by atoms with Gasteiger partial charge in [0.05, 0.1) is 5.41 Å². The molecule has 0 spiro atoms. The highest BCUT2D eigenvalue weighted by Gasteiger charge is 2.42. The van der Waals surface area contributed by atoms with Crippen molar-refractivity contribution < 1.29 is 4.58 Å². The molecule has 0 unspecified atom stereocenters. The molecular formula is C28H32NS+. The average molecular weight is 415 g/mol. The number of hydrogen-bond acceptors (Lipinski definition) is 1. The van der Waals surface area contributed by atoms with Crippen LogP contribution in [0.15, 0.2) is 93.8 Å². The van der Waals surface area contributed by atoms with Crippen LogP contribution in [0.4, 0.5) is 5.69 Å². The Hall–Kier alpha value is -2.32. The highest BCUT2D eigenvalue weighted by Crippen LogP contribution is 2.43. The van der Waals surface area contributed by atoms with E-state index in [1.54, 1.807) is 0 Å². The monoisotopic (exact) mass is 414 g/mol. The summed E-state index contributed by atoms with van der Waals surface area (Å²) in [6.45, 7) is 6.92. The molecule has 1 nitrogen and oxygen atoms in total. The SMILES string of the molecule is CCC=C1CCCC(C=CC2=[N+](C)c3ccccc3C2(C)C)=C1Sc1ccccc1. The topological polar surface area (TPSA) is 3.01 Å². The molecule has 30 heavy (non-hydrogen) atoms. The van der Waals surface area contributed by atoms with Crippen molar-refractivity contribution in [1.82, 2.24) is 0 Å². The average Bonchev–Trinajstić information content (AvgIpc) is 2.95. The molecule has 0 N–H and O–H groups in total. The minimum atomic E-state index is 0.0197. The normalized spacial score (nSPS) is 19.8. The molecule has 2 heteroatoms. The zero-order chi connectivity index (χ0) is 21.1. The second-order valence-corrected chi connectivity index (χ2v) is 9.76. The van der Waals surface area contributed by atoms with Crippen molar-refractivity contribution in [2.24, 2.45) is 0 Å². The van der Waals surface area contributed by atoms with Crippen molar-refractivity contribution in [3.63, 3.8) is 0 Å². The number of rotatable bonds is 5. The van der Waals surface area contributed by atoms with Gasteiger partial charge in [-0.05, 0) is 62.8 Å². The number of hydrogen-bond donors (Lipinski definition) is 0. The van der Waals surface area contributed by atoms with Crippen molar-refractivity contribution in [2.75, 3.05) is 7.05 Å². The zero-order valence-corrected chi connectivity index (χ0v) is 19.4. The van der Waals surface area contributed by atoms with E-state index in [1.807, 2.05) is 11.8 Å². The molecule has 0 atom stereocenters. The Labute approximate surface area is 185 Å². The third-order valence-electron chi connectivity index (χ3n) is 6.27. The molecule has 0 amide bonds. The Kier molecular flexibility index (Phi) is 6.15. The van der Waals surface area contributed by atoms with Gasteiger partial charge in [0.2, 0.25) is 5.69 Å². The lowest BCUT2D eigenvalue weighted by molar-refractivity contribution is -0.401. The third kappa shape index (κ3) is 3.98. The molecule has 4 rings (SSSR count). The fourth-order valence-corrected chi connectivity index (χ4v) is 5.87. The first-order valence-electron chi connectivity index (χ1n) is 11.1. The zero-order valence-electron chi connectivity index (χ0n) is 18.6. The molecule has 1 aliphatic heterocycles. The lowest BCUT2D eigenvalue weighted by Gasteiger charge is -2.22. The second kappa shape index (κ2) is 8.81. The van der Waals surface area contributed by atoms with Gasteiger partial charge < -0.3 is 0 Å². The molecule has 2 aromatic carbocycles. The molecule has 0 saturated carbocycles. The highest BCUT2D eigenvalue weighted by atomic mass is 32.2. The van der Waals surface area contributed by atoms with Gasteiger partial charge in [-0.15, -0.1) is 0 Å². The Morgan fingerprint density at radius 3 is 2.43 bits per heavy atom. The summed E-state index contributed by atoms with van der Waals surface area (Å²) in [6.07, 6.45) is 11.9. The van der Waals surface area contributed by atoms with Gasteiger partial charge in [0.1, 0.15) is 7.05 Å². The molecule has 0 aromatic heterocycles. The lowest BCUT2D eigenvalue weighted by atomic mass is 9.81. The maximum atomic E-state index is 2.42. The molecule has 2 aliphatic rings. The molecule has 1 aliphatic carbocycles. The van der Waals surface area contributed by atoms with Gasteiger partial charge in [-0.25, -0.2) is 0 Å². The molecule has 0 radical (unpaired) electrons. The first-order valence-corrected chi connectivity index (χ1v) is 11.9. The van der Waals surface area contributed by atoms with E-state index in [4.69, 9.17) is 0 Å². The van der Waals surface area contributed by atoms with E-state index in [-0.39, 0.29) is 5.41 Å². The molecule has 0 fully saturated rings. The smallest absolute Gasteiger partial charge is 0.198 e.